The molecule has 0 radical (unpaired) electrons. The molecule has 0 spiro atoms. The van der Waals surface area contributed by atoms with E-state index in [9.17, 15) is 9.59 Å². The predicted molar refractivity (Wildman–Crippen MR) is 162 cm³/mol. The van der Waals surface area contributed by atoms with Crippen LogP contribution in [0, 0.1) is 0 Å². The fourth-order valence-electron chi connectivity index (χ4n) is 6.55. The van der Waals surface area contributed by atoms with Gasteiger partial charge in [-0.05, 0) is 54.3 Å². The molecule has 7 heteroatoms. The van der Waals surface area contributed by atoms with E-state index in [1.807, 2.05) is 83.4 Å². The van der Waals surface area contributed by atoms with Crippen molar-refractivity contribution in [1.82, 2.24) is 14.8 Å². The Morgan fingerprint density at radius 1 is 0.951 bits per heavy atom. The van der Waals surface area contributed by atoms with E-state index >= 15 is 0 Å². The predicted octanol–water partition coefficient (Wildman–Crippen LogP) is 7.08. The molecular weight excluding hydrogens is 534 g/mol. The largest absolute Gasteiger partial charge is 0.497 e. The van der Waals surface area contributed by atoms with Gasteiger partial charge in [0, 0.05) is 29.1 Å². The van der Waals surface area contributed by atoms with Crippen LogP contribution in [0.25, 0.3) is 10.9 Å². The van der Waals surface area contributed by atoms with Gasteiger partial charge in [0.15, 0.2) is 5.54 Å². The highest BCUT2D eigenvalue weighted by Crippen LogP contribution is 2.41. The number of hydrogen-bond acceptors (Lipinski definition) is 3. The summed E-state index contributed by atoms with van der Waals surface area (Å²) >= 11 is 6.37. The highest BCUT2D eigenvalue weighted by molar-refractivity contribution is 6.30. The number of halogens is 1. The number of nitrogens with zero attached hydrogens (tertiary/aromatic N) is 2. The van der Waals surface area contributed by atoms with E-state index in [0.29, 0.717) is 16.5 Å². The SMILES string of the molecule is COc1ccc2cc3n(c2c1)CC(C(=O)NC1CCCCCCC1)(c1ccccc1)N(Cc1cccc(Cl)c1)C3=O. The summed E-state index contributed by atoms with van der Waals surface area (Å²) < 4.78 is 7.53. The molecule has 1 aliphatic carbocycles. The van der Waals surface area contributed by atoms with Crippen LogP contribution in [-0.4, -0.2) is 34.4 Å². The van der Waals surface area contributed by atoms with E-state index < -0.39 is 5.54 Å². The van der Waals surface area contributed by atoms with Crippen LogP contribution >= 0.6 is 11.6 Å². The number of carbonyl (C=O) groups excluding carboxylic acids is 2. The molecule has 6 nitrogen and oxygen atoms in total. The number of methoxy groups -OCH3 is 1. The van der Waals surface area contributed by atoms with Crippen molar-refractivity contribution in [2.45, 2.75) is 69.6 Å². The third kappa shape index (κ3) is 5.21. The van der Waals surface area contributed by atoms with Gasteiger partial charge in [0.05, 0.1) is 19.2 Å². The molecule has 2 heterocycles. The minimum absolute atomic E-state index is 0.0782. The lowest BCUT2D eigenvalue weighted by molar-refractivity contribution is -0.136. The zero-order valence-electron chi connectivity index (χ0n) is 23.4. The third-order valence-electron chi connectivity index (χ3n) is 8.72. The van der Waals surface area contributed by atoms with Crippen molar-refractivity contribution < 1.29 is 14.3 Å². The summed E-state index contributed by atoms with van der Waals surface area (Å²) in [6, 6.07) is 25.1. The number of aromatic nitrogens is 1. The molecule has 0 saturated heterocycles. The molecular formula is C34H36ClN3O3. The first-order valence-corrected chi connectivity index (χ1v) is 15.0. The van der Waals surface area contributed by atoms with Crippen molar-refractivity contribution in [1.29, 1.82) is 0 Å². The fraction of sp³-hybridized carbons (Fsp3) is 0.353. The van der Waals surface area contributed by atoms with Gasteiger partial charge >= 0.3 is 0 Å². The number of hydrogen-bond donors (Lipinski definition) is 1. The minimum atomic E-state index is -1.27. The first-order chi connectivity index (χ1) is 20.0. The second-order valence-electron chi connectivity index (χ2n) is 11.3. The molecule has 3 aromatic carbocycles. The van der Waals surface area contributed by atoms with Crippen molar-refractivity contribution in [3.8, 4) is 5.75 Å². The zero-order valence-corrected chi connectivity index (χ0v) is 24.2. The zero-order chi connectivity index (χ0) is 28.4. The molecule has 4 aromatic rings. The van der Waals surface area contributed by atoms with Crippen molar-refractivity contribution >= 4 is 34.3 Å². The van der Waals surface area contributed by atoms with Crippen LogP contribution < -0.4 is 10.1 Å². The first-order valence-electron chi connectivity index (χ1n) is 14.6. The van der Waals surface area contributed by atoms with E-state index in [1.54, 1.807) is 12.0 Å². The van der Waals surface area contributed by atoms with E-state index in [4.69, 9.17) is 16.3 Å². The summed E-state index contributed by atoms with van der Waals surface area (Å²) in [6.07, 6.45) is 7.73. The van der Waals surface area contributed by atoms with Crippen LogP contribution in [0.3, 0.4) is 0 Å². The van der Waals surface area contributed by atoms with Gasteiger partial charge < -0.3 is 19.5 Å². The minimum Gasteiger partial charge on any atom is -0.497 e. The van der Waals surface area contributed by atoms with Crippen LogP contribution in [0.4, 0.5) is 0 Å². The average Bonchev–Trinajstić information content (AvgIpc) is 3.34. The second-order valence-corrected chi connectivity index (χ2v) is 11.7. The van der Waals surface area contributed by atoms with Gasteiger partial charge in [-0.1, -0.05) is 86.2 Å². The Balaban J connectivity index is 1.52. The van der Waals surface area contributed by atoms with E-state index in [0.717, 1.165) is 47.7 Å². The van der Waals surface area contributed by atoms with Gasteiger partial charge in [0.2, 0.25) is 0 Å². The summed E-state index contributed by atoms with van der Waals surface area (Å²) in [6.45, 7) is 0.533. The van der Waals surface area contributed by atoms with Crippen molar-refractivity contribution in [2.75, 3.05) is 7.11 Å². The van der Waals surface area contributed by atoms with Gasteiger partial charge in [0.25, 0.3) is 11.8 Å². The lowest BCUT2D eigenvalue weighted by Crippen LogP contribution is -2.64. The smallest absolute Gasteiger partial charge is 0.272 e. The molecule has 1 atom stereocenters. The summed E-state index contributed by atoms with van der Waals surface area (Å²) in [5, 5.41) is 4.97. The molecule has 1 N–H and O–H groups in total. The Hall–Kier alpha value is -3.77. The summed E-state index contributed by atoms with van der Waals surface area (Å²) in [7, 11) is 1.63. The quantitative estimate of drug-likeness (QED) is 0.270. The number of nitrogens with one attached hydrogen (secondary N) is 1. The lowest BCUT2D eigenvalue weighted by atomic mass is 9.83. The van der Waals surface area contributed by atoms with Gasteiger partial charge in [-0.15, -0.1) is 0 Å². The average molecular weight is 570 g/mol. The van der Waals surface area contributed by atoms with Gasteiger partial charge in [-0.3, -0.25) is 9.59 Å². The van der Waals surface area contributed by atoms with Crippen LogP contribution in [-0.2, 0) is 23.4 Å². The van der Waals surface area contributed by atoms with Crippen molar-refractivity contribution in [3.05, 3.63) is 101 Å². The molecule has 212 valence electrons. The molecule has 1 aliphatic heterocycles. The second kappa shape index (κ2) is 11.6. The van der Waals surface area contributed by atoms with E-state index in [1.165, 1.54) is 19.3 Å². The number of carbonyl (C=O) groups is 2. The topological polar surface area (TPSA) is 63.6 Å². The standard InChI is InChI=1S/C34H36ClN3O3/c1-41-29-18-17-25-20-31-32(39)38(22-24-11-10-14-27(35)19-24)34(23-37(31)30(25)21-29,26-12-6-5-7-13-26)33(40)36-28-15-8-3-2-4-9-16-28/h5-7,10-14,17-21,28H,2-4,8-9,15-16,22-23H2,1H3,(H,36,40). The molecule has 1 fully saturated rings. The van der Waals surface area contributed by atoms with Crippen LogP contribution in [0.1, 0.15) is 66.6 Å². The monoisotopic (exact) mass is 569 g/mol. The number of rotatable bonds is 6. The number of ether oxygens (including phenoxy) is 1. The lowest BCUT2D eigenvalue weighted by Gasteiger charge is -2.47. The Morgan fingerprint density at radius 2 is 1.71 bits per heavy atom. The molecule has 6 rings (SSSR count). The molecule has 2 aliphatic rings. The Morgan fingerprint density at radius 3 is 2.44 bits per heavy atom. The summed E-state index contributed by atoms with van der Waals surface area (Å²) in [5.41, 5.74) is 1.81. The Kier molecular flexibility index (Phi) is 7.76. The first kappa shape index (κ1) is 27.4. The molecule has 0 bridgehead atoms. The van der Waals surface area contributed by atoms with Gasteiger partial charge in [-0.2, -0.15) is 0 Å². The number of benzene rings is 3. The molecule has 1 aromatic heterocycles. The van der Waals surface area contributed by atoms with Crippen LogP contribution in [0.5, 0.6) is 5.75 Å². The van der Waals surface area contributed by atoms with E-state index in [-0.39, 0.29) is 30.9 Å². The maximum atomic E-state index is 14.8. The van der Waals surface area contributed by atoms with Crippen LogP contribution in [0.2, 0.25) is 5.02 Å². The number of fused-ring (bicyclic) bond motifs is 3. The Bertz CT molecular complexity index is 1560. The van der Waals surface area contributed by atoms with Gasteiger partial charge in [0.1, 0.15) is 11.4 Å². The Labute approximate surface area is 246 Å². The maximum absolute atomic E-state index is 14.8. The highest BCUT2D eigenvalue weighted by Gasteiger charge is 2.52. The normalized spacial score (nSPS) is 19.9. The molecule has 41 heavy (non-hydrogen) atoms. The molecule has 2 amide bonds. The van der Waals surface area contributed by atoms with Crippen molar-refractivity contribution in [2.24, 2.45) is 0 Å². The fourth-order valence-corrected chi connectivity index (χ4v) is 6.76. The highest BCUT2D eigenvalue weighted by atomic mass is 35.5. The van der Waals surface area contributed by atoms with Crippen molar-refractivity contribution in [3.63, 3.8) is 0 Å². The third-order valence-corrected chi connectivity index (χ3v) is 8.96. The van der Waals surface area contributed by atoms with E-state index in [2.05, 4.69) is 5.32 Å². The maximum Gasteiger partial charge on any atom is 0.272 e. The molecule has 1 unspecified atom stereocenters. The summed E-state index contributed by atoms with van der Waals surface area (Å²) in [5.74, 6) is 0.375. The number of amides is 2. The molecule has 1 saturated carbocycles. The van der Waals surface area contributed by atoms with Gasteiger partial charge in [-0.25, -0.2) is 0 Å². The van der Waals surface area contributed by atoms with Crippen LogP contribution in [0.15, 0.2) is 78.9 Å². The summed E-state index contributed by atoms with van der Waals surface area (Å²) in [4.78, 5) is 31.2.